The zero-order valence-corrected chi connectivity index (χ0v) is 19.1. The quantitative estimate of drug-likeness (QED) is 0.290. The van der Waals surface area contributed by atoms with Gasteiger partial charge in [0.25, 0.3) is 0 Å². The summed E-state index contributed by atoms with van der Waals surface area (Å²) in [6, 6.07) is 34.4. The molecule has 0 fully saturated rings. The average molecular weight is 435 g/mol. The van der Waals surface area contributed by atoms with Gasteiger partial charge in [0.05, 0.1) is 6.61 Å². The Kier molecular flexibility index (Phi) is 5.89. The molecule has 1 aliphatic carbocycles. The fraction of sp³-hybridized carbons (Fsp3) is 0.200. The van der Waals surface area contributed by atoms with Gasteiger partial charge >= 0.3 is 0 Å². The van der Waals surface area contributed by atoms with Crippen molar-refractivity contribution in [2.75, 3.05) is 17.2 Å². The van der Waals surface area contributed by atoms with Crippen LogP contribution in [0.25, 0.3) is 11.1 Å². The van der Waals surface area contributed by atoms with Crippen LogP contribution < -0.4 is 10.6 Å². The number of anilines is 2. The number of benzene rings is 4. The molecule has 3 nitrogen and oxygen atoms in total. The minimum absolute atomic E-state index is 0.0161. The number of hydrogen-bond acceptors (Lipinski definition) is 3. The van der Waals surface area contributed by atoms with E-state index in [9.17, 15) is 5.11 Å². The summed E-state index contributed by atoms with van der Waals surface area (Å²) in [5.74, 6) is -0.0161. The van der Waals surface area contributed by atoms with E-state index in [1.165, 1.54) is 33.4 Å². The largest absolute Gasteiger partial charge is 0.395 e. The maximum Gasteiger partial charge on any atom is 0.0540 e. The predicted octanol–water partition coefficient (Wildman–Crippen LogP) is 7.14. The van der Waals surface area contributed by atoms with Gasteiger partial charge in [0.1, 0.15) is 0 Å². The van der Waals surface area contributed by atoms with Crippen LogP contribution in [0.3, 0.4) is 0 Å². The molecule has 3 heteroatoms. The molecule has 0 spiro atoms. The third-order valence-electron chi connectivity index (χ3n) is 6.69. The normalized spacial score (nSPS) is 14.3. The smallest absolute Gasteiger partial charge is 0.0540 e. The van der Waals surface area contributed by atoms with Gasteiger partial charge in [0.15, 0.2) is 0 Å². The fourth-order valence-electron chi connectivity index (χ4n) is 4.89. The van der Waals surface area contributed by atoms with E-state index in [4.69, 9.17) is 0 Å². The lowest BCUT2D eigenvalue weighted by Crippen LogP contribution is -2.08. The monoisotopic (exact) mass is 434 g/mol. The summed E-state index contributed by atoms with van der Waals surface area (Å²) in [6.45, 7) is 4.44. The molecule has 33 heavy (non-hydrogen) atoms. The minimum atomic E-state index is -0.0161. The van der Waals surface area contributed by atoms with Crippen molar-refractivity contribution in [1.82, 2.24) is 0 Å². The van der Waals surface area contributed by atoms with Crippen molar-refractivity contribution in [2.24, 2.45) is 0 Å². The molecule has 4 aromatic rings. The summed E-state index contributed by atoms with van der Waals surface area (Å²) in [4.78, 5) is 0. The van der Waals surface area contributed by atoms with E-state index in [1.807, 2.05) is 12.1 Å². The van der Waals surface area contributed by atoms with Gasteiger partial charge in [-0.2, -0.15) is 0 Å². The lowest BCUT2D eigenvalue weighted by Gasteiger charge is -2.18. The molecule has 0 bridgehead atoms. The first-order valence-electron chi connectivity index (χ1n) is 11.7. The zero-order valence-electron chi connectivity index (χ0n) is 19.1. The van der Waals surface area contributed by atoms with Crippen molar-refractivity contribution in [1.29, 1.82) is 0 Å². The van der Waals surface area contributed by atoms with E-state index in [1.54, 1.807) is 0 Å². The highest BCUT2D eigenvalue weighted by Crippen LogP contribution is 2.46. The van der Waals surface area contributed by atoms with Crippen LogP contribution >= 0.6 is 0 Å². The summed E-state index contributed by atoms with van der Waals surface area (Å²) in [5.41, 5.74) is 9.46. The third kappa shape index (κ3) is 4.24. The van der Waals surface area contributed by atoms with E-state index in [0.29, 0.717) is 0 Å². The van der Waals surface area contributed by atoms with Crippen molar-refractivity contribution in [3.8, 4) is 11.1 Å². The second kappa shape index (κ2) is 9.13. The Balaban J connectivity index is 1.39. The van der Waals surface area contributed by atoms with Crippen LogP contribution in [0.2, 0.25) is 0 Å². The Labute approximate surface area is 196 Å². The van der Waals surface area contributed by atoms with Crippen LogP contribution in [0.15, 0.2) is 97.1 Å². The third-order valence-corrected chi connectivity index (χ3v) is 6.69. The molecule has 166 valence electrons. The highest BCUT2D eigenvalue weighted by atomic mass is 16.3. The van der Waals surface area contributed by atoms with Crippen molar-refractivity contribution in [3.05, 3.63) is 119 Å². The molecule has 0 aromatic heterocycles. The number of aliphatic hydroxyl groups is 1. The molecule has 0 saturated heterocycles. The first kappa shape index (κ1) is 21.3. The van der Waals surface area contributed by atoms with Gasteiger partial charge in [-0.1, -0.05) is 72.8 Å². The number of aliphatic hydroxyl groups excluding tert-OH is 1. The van der Waals surface area contributed by atoms with Gasteiger partial charge in [-0.3, -0.25) is 0 Å². The van der Waals surface area contributed by atoms with Crippen LogP contribution in [-0.4, -0.2) is 11.7 Å². The maximum atomic E-state index is 10.3. The van der Waals surface area contributed by atoms with Gasteiger partial charge in [0, 0.05) is 29.4 Å². The standard InChI is InChI=1S/C30H30N2O/c1-20(22-9-5-3-6-10-22)31-24-13-15-26-27-16-14-25(18-29(27)30(19-33)28(26)17-24)32-21(2)23-11-7-4-8-12-23/h3-18,20-21,30-33H,19H2,1-2H3/t20-,21-/m1/s1. The van der Waals surface area contributed by atoms with Crippen molar-refractivity contribution >= 4 is 11.4 Å². The highest BCUT2D eigenvalue weighted by Gasteiger charge is 2.29. The van der Waals surface area contributed by atoms with Crippen molar-refractivity contribution in [3.63, 3.8) is 0 Å². The number of fused-ring (bicyclic) bond motifs is 3. The van der Waals surface area contributed by atoms with E-state index >= 15 is 0 Å². The number of nitrogens with one attached hydrogen (secondary N) is 2. The topological polar surface area (TPSA) is 44.3 Å². The SMILES string of the molecule is C[C@@H](Nc1ccc2c(c1)C(CO)c1cc(N[C@H](C)c3ccccc3)ccc1-2)c1ccccc1. The van der Waals surface area contributed by atoms with Gasteiger partial charge in [-0.05, 0) is 71.5 Å². The molecular weight excluding hydrogens is 404 g/mol. The van der Waals surface area contributed by atoms with Gasteiger partial charge < -0.3 is 15.7 Å². The van der Waals surface area contributed by atoms with E-state index < -0.39 is 0 Å². The van der Waals surface area contributed by atoms with Crippen LogP contribution in [0.5, 0.6) is 0 Å². The summed E-state index contributed by atoms with van der Waals surface area (Å²) in [5, 5.41) is 17.6. The van der Waals surface area contributed by atoms with Gasteiger partial charge in [0.2, 0.25) is 0 Å². The zero-order chi connectivity index (χ0) is 22.8. The second-order valence-corrected chi connectivity index (χ2v) is 8.89. The molecule has 0 aliphatic heterocycles. The average Bonchev–Trinajstić information content (AvgIpc) is 3.17. The minimum Gasteiger partial charge on any atom is -0.395 e. The first-order chi connectivity index (χ1) is 16.1. The lowest BCUT2D eigenvalue weighted by molar-refractivity contribution is 0.282. The Bertz CT molecular complexity index is 1140. The molecule has 0 saturated carbocycles. The molecule has 5 rings (SSSR count). The molecular formula is C30H30N2O. The summed E-state index contributed by atoms with van der Waals surface area (Å²) in [6.07, 6.45) is 0. The molecule has 4 aromatic carbocycles. The van der Waals surface area contributed by atoms with Crippen LogP contribution in [0.1, 0.15) is 54.1 Å². The summed E-state index contributed by atoms with van der Waals surface area (Å²) >= 11 is 0. The number of rotatable bonds is 7. The molecule has 0 amide bonds. The molecule has 0 heterocycles. The molecule has 3 N–H and O–H groups in total. The molecule has 2 atom stereocenters. The van der Waals surface area contributed by atoms with Crippen LogP contribution in [0, 0.1) is 0 Å². The molecule has 1 aliphatic rings. The summed E-state index contributed by atoms with van der Waals surface area (Å²) < 4.78 is 0. The Morgan fingerprint density at radius 3 is 1.45 bits per heavy atom. The van der Waals surface area contributed by atoms with E-state index in [-0.39, 0.29) is 24.6 Å². The van der Waals surface area contributed by atoms with Crippen molar-refractivity contribution in [2.45, 2.75) is 31.8 Å². The fourth-order valence-corrected chi connectivity index (χ4v) is 4.89. The van der Waals surface area contributed by atoms with Crippen LogP contribution in [-0.2, 0) is 0 Å². The van der Waals surface area contributed by atoms with Crippen LogP contribution in [0.4, 0.5) is 11.4 Å². The van der Waals surface area contributed by atoms with E-state index in [2.05, 4.69) is 109 Å². The molecule has 0 radical (unpaired) electrons. The van der Waals surface area contributed by atoms with E-state index in [0.717, 1.165) is 11.4 Å². The summed E-state index contributed by atoms with van der Waals surface area (Å²) in [7, 11) is 0. The second-order valence-electron chi connectivity index (χ2n) is 8.89. The number of hydrogen-bond donors (Lipinski definition) is 3. The van der Waals surface area contributed by atoms with Crippen molar-refractivity contribution < 1.29 is 5.11 Å². The Hall–Kier alpha value is -3.56. The molecule has 0 unspecified atom stereocenters. The van der Waals surface area contributed by atoms with Gasteiger partial charge in [-0.25, -0.2) is 0 Å². The predicted molar refractivity (Wildman–Crippen MR) is 138 cm³/mol. The maximum absolute atomic E-state index is 10.3. The lowest BCUT2D eigenvalue weighted by atomic mass is 9.97. The Morgan fingerprint density at radius 1 is 0.636 bits per heavy atom. The van der Waals surface area contributed by atoms with Gasteiger partial charge in [-0.15, -0.1) is 0 Å². The first-order valence-corrected chi connectivity index (χ1v) is 11.7. The Morgan fingerprint density at radius 2 is 1.06 bits per heavy atom. The highest BCUT2D eigenvalue weighted by molar-refractivity contribution is 5.82.